The highest BCUT2D eigenvalue weighted by Gasteiger charge is 2.51. The van der Waals surface area contributed by atoms with Crippen molar-refractivity contribution >= 4 is 19.8 Å². The van der Waals surface area contributed by atoms with E-state index in [1.54, 1.807) is 0 Å². The summed E-state index contributed by atoms with van der Waals surface area (Å²) in [6, 6.07) is 0. The number of aliphatic hydroxyl groups is 5. The zero-order valence-corrected chi connectivity index (χ0v) is 37.0. The largest absolute Gasteiger partial charge is 0.472 e. The number of rotatable bonds is 38. The minimum atomic E-state index is -5.11. The molecule has 1 rings (SSSR count). The lowest BCUT2D eigenvalue weighted by molar-refractivity contribution is -0.220. The second-order valence-corrected chi connectivity index (χ2v) is 17.7. The summed E-state index contributed by atoms with van der Waals surface area (Å²) in [6.45, 7) is 3.29. The number of hydrogen-bond acceptors (Lipinski definition) is 12. The third-order valence-corrected chi connectivity index (χ3v) is 11.8. The van der Waals surface area contributed by atoms with Crippen molar-refractivity contribution in [2.75, 3.05) is 13.2 Å². The molecule has 0 spiro atoms. The van der Waals surface area contributed by atoms with Gasteiger partial charge in [-0.25, -0.2) is 4.57 Å². The van der Waals surface area contributed by atoms with Crippen LogP contribution >= 0.6 is 7.82 Å². The molecule has 6 N–H and O–H groups in total. The molecule has 0 bridgehead atoms. The van der Waals surface area contributed by atoms with Gasteiger partial charge in [-0.15, -0.1) is 0 Å². The van der Waals surface area contributed by atoms with Crippen LogP contribution in [0, 0.1) is 0 Å². The summed E-state index contributed by atoms with van der Waals surface area (Å²) in [5.41, 5.74) is 0. The van der Waals surface area contributed by atoms with E-state index in [0.717, 1.165) is 57.8 Å². The number of hydrogen-bond donors (Lipinski definition) is 6. The Morgan fingerprint density at radius 1 is 0.517 bits per heavy atom. The van der Waals surface area contributed by atoms with Crippen LogP contribution in [0.4, 0.5) is 0 Å². The van der Waals surface area contributed by atoms with Gasteiger partial charge in [-0.3, -0.25) is 18.6 Å². The first kappa shape index (κ1) is 54.6. The van der Waals surface area contributed by atoms with Crippen LogP contribution in [0.2, 0.25) is 0 Å². The maximum atomic E-state index is 12.8. The summed E-state index contributed by atoms with van der Waals surface area (Å²) in [4.78, 5) is 35.6. The number of unbranched alkanes of at least 4 members (excludes halogenated alkanes) is 24. The second kappa shape index (κ2) is 35.2. The maximum absolute atomic E-state index is 12.8. The molecule has 8 atom stereocenters. The smallest absolute Gasteiger partial charge is 0.462 e. The first-order valence-electron chi connectivity index (χ1n) is 23.0. The molecule has 0 saturated heterocycles. The van der Waals surface area contributed by atoms with Crippen LogP contribution in [0.5, 0.6) is 0 Å². The van der Waals surface area contributed by atoms with Crippen molar-refractivity contribution < 1.29 is 63.1 Å². The van der Waals surface area contributed by atoms with E-state index in [9.17, 15) is 44.6 Å². The number of carbonyl (C=O) groups is 2. The van der Waals surface area contributed by atoms with Gasteiger partial charge in [0.05, 0.1) is 6.61 Å². The van der Waals surface area contributed by atoms with Gasteiger partial charge in [0.1, 0.15) is 43.2 Å². The Morgan fingerprint density at radius 2 is 0.879 bits per heavy atom. The highest BCUT2D eigenvalue weighted by atomic mass is 31.2. The highest BCUT2D eigenvalue weighted by molar-refractivity contribution is 7.47. The Kier molecular flexibility index (Phi) is 33.2. The van der Waals surface area contributed by atoms with E-state index in [-0.39, 0.29) is 12.8 Å². The first-order chi connectivity index (χ1) is 27.9. The van der Waals surface area contributed by atoms with Crippen LogP contribution in [0.3, 0.4) is 0 Å². The summed E-state index contributed by atoms with van der Waals surface area (Å²) in [7, 11) is -5.11. The lowest BCUT2D eigenvalue weighted by Gasteiger charge is -2.41. The molecule has 58 heavy (non-hydrogen) atoms. The predicted molar refractivity (Wildman–Crippen MR) is 226 cm³/mol. The lowest BCUT2D eigenvalue weighted by Crippen LogP contribution is -2.64. The molecular formula is C44H83O13P. The van der Waals surface area contributed by atoms with Crippen LogP contribution in [0.25, 0.3) is 0 Å². The van der Waals surface area contributed by atoms with Crippen LogP contribution in [0.1, 0.15) is 200 Å². The zero-order chi connectivity index (χ0) is 42.9. The van der Waals surface area contributed by atoms with E-state index < -0.39 is 75.7 Å². The fraction of sp³-hybridized carbons (Fsp3) is 0.909. The van der Waals surface area contributed by atoms with E-state index in [1.807, 2.05) is 0 Å². The van der Waals surface area contributed by atoms with Gasteiger partial charge in [-0.1, -0.05) is 161 Å². The normalized spacial score (nSPS) is 22.6. The van der Waals surface area contributed by atoms with Crippen molar-refractivity contribution in [2.45, 2.75) is 243 Å². The molecule has 0 radical (unpaired) electrons. The van der Waals surface area contributed by atoms with E-state index in [1.165, 1.54) is 103 Å². The summed E-state index contributed by atoms with van der Waals surface area (Å²) >= 11 is 0. The number of carbonyl (C=O) groups excluding carboxylic acids is 2. The molecule has 0 aromatic heterocycles. The van der Waals surface area contributed by atoms with Gasteiger partial charge in [0.25, 0.3) is 0 Å². The van der Waals surface area contributed by atoms with E-state index >= 15 is 0 Å². The summed E-state index contributed by atoms with van der Waals surface area (Å²) in [6.07, 6.45) is 22.7. The Morgan fingerprint density at radius 3 is 1.31 bits per heavy atom. The van der Waals surface area contributed by atoms with Gasteiger partial charge in [0.15, 0.2) is 6.10 Å². The molecular weight excluding hydrogens is 767 g/mol. The van der Waals surface area contributed by atoms with Crippen LogP contribution < -0.4 is 0 Å². The lowest BCUT2D eigenvalue weighted by atomic mass is 9.85. The molecule has 342 valence electrons. The molecule has 0 aromatic rings. The molecule has 1 saturated carbocycles. The van der Waals surface area contributed by atoms with E-state index in [4.69, 9.17) is 18.5 Å². The van der Waals surface area contributed by atoms with Gasteiger partial charge >= 0.3 is 19.8 Å². The van der Waals surface area contributed by atoms with Gasteiger partial charge in [0, 0.05) is 12.8 Å². The third kappa shape index (κ3) is 27.4. The standard InChI is InChI=1S/C44H83O13P/c1-3-5-7-9-11-13-15-17-19-21-22-24-26-28-30-32-37(45)54-34-36(35-55-58(52,53)57-44-42(50)40(48)39(47)41(49)43(44)51)56-38(46)33-31-29-27-25-23-20-18-16-14-12-10-8-6-4-2/h16,18,36,39-44,47-51H,3-15,17,19-35H2,1-2H3,(H,52,53)/b18-16-/t36-,39?,40-,41?,42?,43?,44?/m1/s1. The zero-order valence-electron chi connectivity index (χ0n) is 36.1. The number of allylic oxidation sites excluding steroid dienone is 2. The summed E-state index contributed by atoms with van der Waals surface area (Å²) in [5.74, 6) is -1.10. The summed E-state index contributed by atoms with van der Waals surface area (Å²) < 4.78 is 33.5. The van der Waals surface area contributed by atoms with E-state index in [0.29, 0.717) is 12.8 Å². The molecule has 1 aliphatic rings. The average molecular weight is 851 g/mol. The monoisotopic (exact) mass is 851 g/mol. The predicted octanol–water partition coefficient (Wildman–Crippen LogP) is 8.67. The topological polar surface area (TPSA) is 210 Å². The minimum Gasteiger partial charge on any atom is -0.462 e. The number of ether oxygens (including phenoxy) is 2. The minimum absolute atomic E-state index is 0.0906. The Bertz CT molecular complexity index is 1080. The molecule has 6 unspecified atom stereocenters. The molecule has 0 aliphatic heterocycles. The first-order valence-corrected chi connectivity index (χ1v) is 24.5. The van der Waals surface area contributed by atoms with Crippen LogP contribution in [0.15, 0.2) is 12.2 Å². The fourth-order valence-corrected chi connectivity index (χ4v) is 8.08. The molecule has 13 nitrogen and oxygen atoms in total. The molecule has 1 aliphatic carbocycles. The third-order valence-electron chi connectivity index (χ3n) is 10.9. The van der Waals surface area contributed by atoms with Crippen molar-refractivity contribution in [3.8, 4) is 0 Å². The Balaban J connectivity index is 2.46. The second-order valence-electron chi connectivity index (χ2n) is 16.3. The average Bonchev–Trinajstić information content (AvgIpc) is 3.20. The van der Waals surface area contributed by atoms with Crippen molar-refractivity contribution in [2.24, 2.45) is 0 Å². The fourth-order valence-electron chi connectivity index (χ4n) is 7.11. The molecule has 0 aromatic carbocycles. The van der Waals surface area contributed by atoms with Gasteiger partial charge in [-0.05, 0) is 38.5 Å². The highest BCUT2D eigenvalue weighted by Crippen LogP contribution is 2.47. The van der Waals surface area contributed by atoms with Crippen LogP contribution in [-0.4, -0.2) is 98.3 Å². The van der Waals surface area contributed by atoms with Gasteiger partial charge < -0.3 is 39.9 Å². The van der Waals surface area contributed by atoms with Crippen LogP contribution in [-0.2, 0) is 32.7 Å². The van der Waals surface area contributed by atoms with Gasteiger partial charge in [-0.2, -0.15) is 0 Å². The summed E-state index contributed by atoms with van der Waals surface area (Å²) in [5, 5.41) is 50.1. The maximum Gasteiger partial charge on any atom is 0.472 e. The number of phosphoric acid groups is 1. The number of esters is 2. The quantitative estimate of drug-likeness (QED) is 0.0149. The van der Waals surface area contributed by atoms with Crippen molar-refractivity contribution in [1.82, 2.24) is 0 Å². The Labute approximate surface area is 350 Å². The number of aliphatic hydroxyl groups excluding tert-OH is 5. The van der Waals surface area contributed by atoms with E-state index in [2.05, 4.69) is 26.0 Å². The molecule has 0 heterocycles. The Hall–Kier alpha value is -1.41. The molecule has 0 amide bonds. The van der Waals surface area contributed by atoms with Crippen molar-refractivity contribution in [3.05, 3.63) is 12.2 Å². The van der Waals surface area contributed by atoms with Gasteiger partial charge in [0.2, 0.25) is 0 Å². The SMILES string of the molecule is CCCCCCC/C=C\CCCCCCCC(=O)O[C@H](COC(=O)CCCCCCCCCCCCCCCCC)COP(=O)(O)OC1C(O)C(O)C(O)[C@@H](O)C1O. The molecule has 14 heteroatoms. The molecule has 1 fully saturated rings. The van der Waals surface area contributed by atoms with Crippen molar-refractivity contribution in [3.63, 3.8) is 0 Å². The van der Waals surface area contributed by atoms with Crippen molar-refractivity contribution in [1.29, 1.82) is 0 Å². The number of phosphoric ester groups is 1.